The number of likely N-dealkylation sites (N-methyl/N-ethyl adjacent to an activating group) is 1. The number of aromatic amines is 1. The highest BCUT2D eigenvalue weighted by atomic mass is 16.5. The van der Waals surface area contributed by atoms with Gasteiger partial charge in [-0.25, -0.2) is 4.98 Å². The number of ether oxygens (including phenoxy) is 1. The third kappa shape index (κ3) is 3.74. The maximum atomic E-state index is 11.5. The summed E-state index contributed by atoms with van der Waals surface area (Å²) in [5.74, 6) is 0.819. The Balaban J connectivity index is 2.65. The molecule has 0 aliphatic carbocycles. The molecule has 1 aromatic heterocycles. The Morgan fingerprint density at radius 3 is 2.94 bits per heavy atom. The molecule has 0 aromatic carbocycles. The van der Waals surface area contributed by atoms with Gasteiger partial charge >= 0.3 is 0 Å². The quantitative estimate of drug-likeness (QED) is 0.667. The summed E-state index contributed by atoms with van der Waals surface area (Å²) in [5, 5.41) is 3.29. The van der Waals surface area contributed by atoms with E-state index in [1.54, 1.807) is 0 Å². The van der Waals surface area contributed by atoms with Crippen LogP contribution in [-0.4, -0.2) is 43.8 Å². The molecule has 0 atom stereocenters. The van der Waals surface area contributed by atoms with Gasteiger partial charge in [-0.1, -0.05) is 6.92 Å². The molecule has 0 fully saturated rings. The normalized spacial score (nSPS) is 10.3. The standard InChI is InChI=1S/C11H20N4O2/c1-4-5-12-6-7-15(2)10-9(17-3)11(16)14-8-13-10/h8,12H,4-7H2,1-3H3,(H,13,14,16). The molecule has 0 radical (unpaired) electrons. The van der Waals surface area contributed by atoms with Crippen LogP contribution in [-0.2, 0) is 0 Å². The van der Waals surface area contributed by atoms with Gasteiger partial charge in [0.15, 0.2) is 5.82 Å². The van der Waals surface area contributed by atoms with Crippen molar-refractivity contribution in [1.29, 1.82) is 0 Å². The molecule has 17 heavy (non-hydrogen) atoms. The molecule has 0 unspecified atom stereocenters. The zero-order chi connectivity index (χ0) is 12.7. The zero-order valence-electron chi connectivity index (χ0n) is 10.6. The third-order valence-electron chi connectivity index (χ3n) is 2.41. The maximum absolute atomic E-state index is 11.5. The van der Waals surface area contributed by atoms with E-state index in [0.29, 0.717) is 5.82 Å². The minimum absolute atomic E-state index is 0.255. The Labute approximate surface area is 101 Å². The van der Waals surface area contributed by atoms with Crippen LogP contribution in [0.5, 0.6) is 5.75 Å². The predicted octanol–water partition coefficient (Wildman–Crippen LogP) is 0.214. The second-order valence-electron chi connectivity index (χ2n) is 3.76. The summed E-state index contributed by atoms with van der Waals surface area (Å²) in [6, 6.07) is 0. The summed E-state index contributed by atoms with van der Waals surface area (Å²) in [5.41, 5.74) is -0.258. The smallest absolute Gasteiger partial charge is 0.295 e. The number of hydrogen-bond donors (Lipinski definition) is 2. The van der Waals surface area contributed by atoms with Gasteiger partial charge in [-0.3, -0.25) is 4.79 Å². The molecular weight excluding hydrogens is 220 g/mol. The summed E-state index contributed by atoms with van der Waals surface area (Å²) in [6.07, 6.45) is 2.49. The van der Waals surface area contributed by atoms with E-state index in [1.807, 2.05) is 11.9 Å². The van der Waals surface area contributed by atoms with Gasteiger partial charge in [0.1, 0.15) is 0 Å². The van der Waals surface area contributed by atoms with Crippen molar-refractivity contribution in [3.63, 3.8) is 0 Å². The predicted molar refractivity (Wildman–Crippen MR) is 67.8 cm³/mol. The molecule has 2 N–H and O–H groups in total. The van der Waals surface area contributed by atoms with Crippen LogP contribution in [0, 0.1) is 0 Å². The first-order valence-electron chi connectivity index (χ1n) is 5.74. The van der Waals surface area contributed by atoms with Gasteiger partial charge in [-0.2, -0.15) is 0 Å². The van der Waals surface area contributed by atoms with Crippen LogP contribution in [0.4, 0.5) is 5.82 Å². The molecule has 0 amide bonds. The van der Waals surface area contributed by atoms with Crippen LogP contribution >= 0.6 is 0 Å². The maximum Gasteiger partial charge on any atom is 0.295 e. The van der Waals surface area contributed by atoms with E-state index in [9.17, 15) is 4.79 Å². The number of nitrogens with one attached hydrogen (secondary N) is 2. The zero-order valence-corrected chi connectivity index (χ0v) is 10.6. The highest BCUT2D eigenvalue weighted by molar-refractivity contribution is 5.49. The fourth-order valence-electron chi connectivity index (χ4n) is 1.49. The van der Waals surface area contributed by atoms with Crippen LogP contribution < -0.4 is 20.5 Å². The van der Waals surface area contributed by atoms with Crippen molar-refractivity contribution in [3.05, 3.63) is 16.7 Å². The molecule has 1 heterocycles. The number of rotatable bonds is 7. The Bertz CT molecular complexity index is 391. The Kier molecular flexibility index (Phi) is 5.48. The van der Waals surface area contributed by atoms with E-state index in [0.717, 1.165) is 26.1 Å². The van der Waals surface area contributed by atoms with Crippen LogP contribution in [0.2, 0.25) is 0 Å². The number of aromatic nitrogens is 2. The SMILES string of the molecule is CCCNCCN(C)c1nc[nH]c(=O)c1OC. The Morgan fingerprint density at radius 1 is 1.53 bits per heavy atom. The van der Waals surface area contributed by atoms with Crippen LogP contribution in [0.3, 0.4) is 0 Å². The number of nitrogens with zero attached hydrogens (tertiary/aromatic N) is 2. The molecule has 6 nitrogen and oxygen atoms in total. The van der Waals surface area contributed by atoms with E-state index < -0.39 is 0 Å². The Hall–Kier alpha value is -1.56. The fourth-order valence-corrected chi connectivity index (χ4v) is 1.49. The van der Waals surface area contributed by atoms with Gasteiger partial charge in [0.25, 0.3) is 5.56 Å². The second-order valence-corrected chi connectivity index (χ2v) is 3.76. The lowest BCUT2D eigenvalue weighted by atomic mass is 10.4. The van der Waals surface area contributed by atoms with E-state index in [2.05, 4.69) is 22.2 Å². The number of anilines is 1. The van der Waals surface area contributed by atoms with E-state index in [1.165, 1.54) is 13.4 Å². The lowest BCUT2D eigenvalue weighted by Gasteiger charge is -2.19. The van der Waals surface area contributed by atoms with Gasteiger partial charge in [0, 0.05) is 20.1 Å². The number of methoxy groups -OCH3 is 1. The van der Waals surface area contributed by atoms with Crippen molar-refractivity contribution >= 4 is 5.82 Å². The molecule has 0 aliphatic heterocycles. The van der Waals surface area contributed by atoms with Crippen LogP contribution in [0.1, 0.15) is 13.3 Å². The molecular formula is C11H20N4O2. The first-order valence-corrected chi connectivity index (χ1v) is 5.74. The minimum Gasteiger partial charge on any atom is -0.489 e. The van der Waals surface area contributed by atoms with E-state index in [4.69, 9.17) is 4.74 Å². The molecule has 6 heteroatoms. The highest BCUT2D eigenvalue weighted by Crippen LogP contribution is 2.17. The summed E-state index contributed by atoms with van der Waals surface area (Å²) in [4.78, 5) is 20.0. The third-order valence-corrected chi connectivity index (χ3v) is 2.41. The monoisotopic (exact) mass is 240 g/mol. The molecule has 0 spiro atoms. The largest absolute Gasteiger partial charge is 0.489 e. The second kappa shape index (κ2) is 6.90. The lowest BCUT2D eigenvalue weighted by molar-refractivity contribution is 0.406. The number of H-pyrrole nitrogens is 1. The van der Waals surface area contributed by atoms with Gasteiger partial charge in [0.05, 0.1) is 13.4 Å². The van der Waals surface area contributed by atoms with Crippen molar-refractivity contribution in [2.45, 2.75) is 13.3 Å². The van der Waals surface area contributed by atoms with Crippen molar-refractivity contribution in [2.75, 3.05) is 38.7 Å². The van der Waals surface area contributed by atoms with Gasteiger partial charge in [0.2, 0.25) is 5.75 Å². The molecule has 96 valence electrons. The van der Waals surface area contributed by atoms with Gasteiger partial charge < -0.3 is 19.9 Å². The molecule has 0 saturated heterocycles. The topological polar surface area (TPSA) is 70.2 Å². The van der Waals surface area contributed by atoms with Gasteiger partial charge in [-0.05, 0) is 13.0 Å². The first kappa shape index (κ1) is 13.5. The highest BCUT2D eigenvalue weighted by Gasteiger charge is 2.12. The molecule has 0 aliphatic rings. The lowest BCUT2D eigenvalue weighted by Crippen LogP contribution is -2.31. The summed E-state index contributed by atoms with van der Waals surface area (Å²) >= 11 is 0. The average molecular weight is 240 g/mol. The van der Waals surface area contributed by atoms with Crippen molar-refractivity contribution in [1.82, 2.24) is 15.3 Å². The van der Waals surface area contributed by atoms with Crippen molar-refractivity contribution in [3.8, 4) is 5.75 Å². The molecule has 0 bridgehead atoms. The number of hydrogen-bond acceptors (Lipinski definition) is 5. The van der Waals surface area contributed by atoms with Crippen LogP contribution in [0.15, 0.2) is 11.1 Å². The average Bonchev–Trinajstić information content (AvgIpc) is 2.34. The van der Waals surface area contributed by atoms with Crippen molar-refractivity contribution < 1.29 is 4.74 Å². The van der Waals surface area contributed by atoms with Crippen molar-refractivity contribution in [2.24, 2.45) is 0 Å². The molecule has 1 rings (SSSR count). The molecule has 0 saturated carbocycles. The van der Waals surface area contributed by atoms with Gasteiger partial charge in [-0.15, -0.1) is 0 Å². The molecule has 1 aromatic rings. The van der Waals surface area contributed by atoms with E-state index in [-0.39, 0.29) is 11.3 Å². The van der Waals surface area contributed by atoms with E-state index >= 15 is 0 Å². The summed E-state index contributed by atoms with van der Waals surface area (Å²) in [6.45, 7) is 4.74. The fraction of sp³-hybridized carbons (Fsp3) is 0.636. The minimum atomic E-state index is -0.258. The summed E-state index contributed by atoms with van der Waals surface area (Å²) < 4.78 is 5.06. The Morgan fingerprint density at radius 2 is 2.29 bits per heavy atom. The van der Waals surface area contributed by atoms with Crippen LogP contribution in [0.25, 0.3) is 0 Å². The first-order chi connectivity index (χ1) is 8.20. The summed E-state index contributed by atoms with van der Waals surface area (Å²) in [7, 11) is 3.36.